The van der Waals surface area contributed by atoms with Gasteiger partial charge >= 0.3 is 0 Å². The summed E-state index contributed by atoms with van der Waals surface area (Å²) in [6, 6.07) is 26.5. The zero-order chi connectivity index (χ0) is 22.6. The number of carbonyl (C=O) groups is 1. The maximum atomic E-state index is 13.0. The van der Waals surface area contributed by atoms with Crippen LogP contribution >= 0.6 is 27.5 Å². The lowest BCUT2D eigenvalue weighted by molar-refractivity contribution is -0.136. The molecular weight excluding hydrogens is 492 g/mol. The van der Waals surface area contributed by atoms with Gasteiger partial charge in [0, 0.05) is 10.0 Å². The first-order valence-corrected chi connectivity index (χ1v) is 10.9. The first-order chi connectivity index (χ1) is 15.5. The van der Waals surface area contributed by atoms with Gasteiger partial charge in [-0.1, -0.05) is 78.3 Å². The zero-order valence-electron chi connectivity index (χ0n) is 16.7. The molecule has 160 valence electrons. The van der Waals surface area contributed by atoms with Crippen LogP contribution in [0, 0.1) is 0 Å². The van der Waals surface area contributed by atoms with Crippen molar-refractivity contribution in [2.45, 2.75) is 5.60 Å². The van der Waals surface area contributed by atoms with Crippen molar-refractivity contribution in [1.29, 1.82) is 0 Å². The van der Waals surface area contributed by atoms with Crippen LogP contribution in [0.3, 0.4) is 0 Å². The van der Waals surface area contributed by atoms with Crippen LogP contribution in [0.25, 0.3) is 11.3 Å². The Kier molecular flexibility index (Phi) is 6.55. The second-order valence-electron chi connectivity index (χ2n) is 6.97. The van der Waals surface area contributed by atoms with Crippen LogP contribution in [0.2, 0.25) is 5.02 Å². The van der Waals surface area contributed by atoms with Crippen molar-refractivity contribution in [1.82, 2.24) is 5.43 Å². The first kappa shape index (κ1) is 22.0. The summed E-state index contributed by atoms with van der Waals surface area (Å²) >= 11 is 9.51. The van der Waals surface area contributed by atoms with Crippen LogP contribution in [0.1, 0.15) is 16.9 Å². The van der Waals surface area contributed by atoms with E-state index in [0.717, 1.165) is 10.0 Å². The number of halogens is 2. The molecule has 0 aliphatic rings. The van der Waals surface area contributed by atoms with Crippen LogP contribution in [0.15, 0.2) is 105 Å². The van der Waals surface area contributed by atoms with E-state index in [2.05, 4.69) is 26.5 Å². The number of hydrazone groups is 1. The molecule has 1 amide bonds. The van der Waals surface area contributed by atoms with E-state index < -0.39 is 11.5 Å². The fraction of sp³-hybridized carbons (Fsp3) is 0.0400. The predicted octanol–water partition coefficient (Wildman–Crippen LogP) is 5.75. The minimum Gasteiger partial charge on any atom is -0.455 e. The Morgan fingerprint density at radius 3 is 2.19 bits per heavy atom. The van der Waals surface area contributed by atoms with E-state index in [9.17, 15) is 9.90 Å². The molecule has 0 saturated heterocycles. The number of aliphatic hydroxyl groups is 1. The molecule has 2 N–H and O–H groups in total. The molecule has 0 saturated carbocycles. The summed E-state index contributed by atoms with van der Waals surface area (Å²) in [4.78, 5) is 13.0. The summed E-state index contributed by atoms with van der Waals surface area (Å²) in [5.41, 5.74) is 2.21. The average molecular weight is 510 g/mol. The Bertz CT molecular complexity index is 1220. The molecule has 0 unspecified atom stereocenters. The molecule has 0 fully saturated rings. The number of carbonyl (C=O) groups excluding carboxylic acids is 1. The average Bonchev–Trinajstić information content (AvgIpc) is 3.30. The van der Waals surface area contributed by atoms with Gasteiger partial charge in [-0.3, -0.25) is 4.79 Å². The highest BCUT2D eigenvalue weighted by Gasteiger charge is 2.39. The van der Waals surface area contributed by atoms with Crippen molar-refractivity contribution in [3.8, 4) is 11.3 Å². The van der Waals surface area contributed by atoms with Gasteiger partial charge in [0.15, 0.2) is 5.60 Å². The van der Waals surface area contributed by atoms with Gasteiger partial charge in [-0.05, 0) is 51.3 Å². The lowest BCUT2D eigenvalue weighted by Gasteiger charge is -2.26. The summed E-state index contributed by atoms with van der Waals surface area (Å²) in [6.45, 7) is 0. The Hall–Kier alpha value is -3.19. The van der Waals surface area contributed by atoms with Crippen LogP contribution in [0.5, 0.6) is 0 Å². The summed E-state index contributed by atoms with van der Waals surface area (Å²) in [6.07, 6.45) is 1.37. The molecule has 4 aromatic rings. The summed E-state index contributed by atoms with van der Waals surface area (Å²) in [5.74, 6) is 0.358. The van der Waals surface area contributed by atoms with Crippen LogP contribution < -0.4 is 5.43 Å². The number of benzene rings is 3. The molecule has 0 aliphatic heterocycles. The van der Waals surface area contributed by atoms with Crippen molar-refractivity contribution >= 4 is 39.7 Å². The molecule has 32 heavy (non-hydrogen) atoms. The molecule has 4 rings (SSSR count). The summed E-state index contributed by atoms with van der Waals surface area (Å²) in [5, 5.41) is 16.0. The quantitative estimate of drug-likeness (QED) is 0.257. The zero-order valence-corrected chi connectivity index (χ0v) is 19.0. The van der Waals surface area contributed by atoms with Gasteiger partial charge in [0.05, 0.1) is 11.2 Å². The third-order valence-electron chi connectivity index (χ3n) is 4.90. The topological polar surface area (TPSA) is 74.8 Å². The third kappa shape index (κ3) is 4.53. The second-order valence-corrected chi connectivity index (χ2v) is 8.23. The highest BCUT2D eigenvalue weighted by molar-refractivity contribution is 9.10. The molecule has 0 bridgehead atoms. The number of hydrogen-bond acceptors (Lipinski definition) is 4. The van der Waals surface area contributed by atoms with Gasteiger partial charge in [-0.25, -0.2) is 5.43 Å². The van der Waals surface area contributed by atoms with Gasteiger partial charge in [-0.15, -0.1) is 0 Å². The van der Waals surface area contributed by atoms with Crippen LogP contribution in [0.4, 0.5) is 0 Å². The van der Waals surface area contributed by atoms with Crippen molar-refractivity contribution in [2.24, 2.45) is 5.10 Å². The fourth-order valence-electron chi connectivity index (χ4n) is 3.25. The normalized spacial score (nSPS) is 11.6. The summed E-state index contributed by atoms with van der Waals surface area (Å²) < 4.78 is 6.56. The first-order valence-electron chi connectivity index (χ1n) is 9.70. The standard InChI is InChI=1S/C25H18BrClN2O3/c26-21-13-11-17(15-22(21)27)23-14-12-20(32-23)16-28-29-24(30)25(31,18-7-3-1-4-8-18)19-9-5-2-6-10-19/h1-16,31H,(H,29,30)/b28-16-. The largest absolute Gasteiger partial charge is 0.455 e. The van der Waals surface area contributed by atoms with E-state index in [1.54, 1.807) is 66.7 Å². The third-order valence-corrected chi connectivity index (χ3v) is 6.13. The van der Waals surface area contributed by atoms with Gasteiger partial charge in [0.1, 0.15) is 11.5 Å². The van der Waals surface area contributed by atoms with Gasteiger partial charge in [0.25, 0.3) is 5.91 Å². The maximum Gasteiger partial charge on any atom is 0.281 e. The Balaban J connectivity index is 1.54. The SMILES string of the molecule is O=C(N/N=C\c1ccc(-c2ccc(Br)c(Cl)c2)o1)C(O)(c1ccccc1)c1ccccc1. The molecule has 0 aliphatic carbocycles. The minimum absolute atomic E-state index is 0.433. The van der Waals surface area contributed by atoms with Gasteiger partial charge < -0.3 is 9.52 Å². The molecular formula is C25H18BrClN2O3. The predicted molar refractivity (Wildman–Crippen MR) is 128 cm³/mol. The number of furan rings is 1. The lowest BCUT2D eigenvalue weighted by atomic mass is 9.85. The Labute approximate surface area is 198 Å². The highest BCUT2D eigenvalue weighted by atomic mass is 79.9. The van der Waals surface area contributed by atoms with Crippen molar-refractivity contribution in [3.05, 3.63) is 117 Å². The molecule has 1 heterocycles. The van der Waals surface area contributed by atoms with E-state index in [0.29, 0.717) is 27.7 Å². The van der Waals surface area contributed by atoms with E-state index in [1.165, 1.54) is 6.21 Å². The molecule has 0 radical (unpaired) electrons. The van der Waals surface area contributed by atoms with E-state index >= 15 is 0 Å². The van der Waals surface area contributed by atoms with Crippen LogP contribution in [-0.2, 0) is 10.4 Å². The number of nitrogens with zero attached hydrogens (tertiary/aromatic N) is 1. The Morgan fingerprint density at radius 2 is 1.59 bits per heavy atom. The highest BCUT2D eigenvalue weighted by Crippen LogP contribution is 2.31. The van der Waals surface area contributed by atoms with Crippen molar-refractivity contribution in [3.63, 3.8) is 0 Å². The van der Waals surface area contributed by atoms with Gasteiger partial charge in [0.2, 0.25) is 0 Å². The van der Waals surface area contributed by atoms with E-state index in [-0.39, 0.29) is 0 Å². The Morgan fingerprint density at radius 1 is 0.969 bits per heavy atom. The molecule has 0 spiro atoms. The van der Waals surface area contributed by atoms with Gasteiger partial charge in [-0.2, -0.15) is 5.10 Å². The lowest BCUT2D eigenvalue weighted by Crippen LogP contribution is -2.43. The molecule has 5 nitrogen and oxygen atoms in total. The molecule has 3 aromatic carbocycles. The number of rotatable bonds is 6. The smallest absolute Gasteiger partial charge is 0.281 e. The van der Waals surface area contributed by atoms with E-state index in [1.807, 2.05) is 24.3 Å². The van der Waals surface area contributed by atoms with Crippen molar-refractivity contribution < 1.29 is 14.3 Å². The van der Waals surface area contributed by atoms with Crippen molar-refractivity contribution in [2.75, 3.05) is 0 Å². The molecule has 1 aromatic heterocycles. The fourth-order valence-corrected chi connectivity index (χ4v) is 3.68. The molecule has 0 atom stereocenters. The second kappa shape index (κ2) is 9.53. The summed E-state index contributed by atoms with van der Waals surface area (Å²) in [7, 11) is 0. The molecule has 7 heteroatoms. The number of hydrogen-bond donors (Lipinski definition) is 2. The van der Waals surface area contributed by atoms with Crippen LogP contribution in [-0.4, -0.2) is 17.2 Å². The monoisotopic (exact) mass is 508 g/mol. The minimum atomic E-state index is -1.90. The van der Waals surface area contributed by atoms with E-state index in [4.69, 9.17) is 16.0 Å². The number of nitrogens with one attached hydrogen (secondary N) is 1. The number of amides is 1. The maximum absolute atomic E-state index is 13.0.